The molecule has 124 valence electrons. The van der Waals surface area contributed by atoms with Gasteiger partial charge in [-0.15, -0.1) is 0 Å². The van der Waals surface area contributed by atoms with Crippen molar-refractivity contribution in [1.82, 2.24) is 9.13 Å². The Hall–Kier alpha value is -1.76. The highest BCUT2D eigenvalue weighted by Gasteiger charge is 2.15. The van der Waals surface area contributed by atoms with Crippen molar-refractivity contribution in [2.24, 2.45) is 14.1 Å². The number of nitrogens with one attached hydrogen (secondary N) is 1. The molecular formula is C16H12BrCl2N3O2. The summed E-state index contributed by atoms with van der Waals surface area (Å²) < 4.78 is 3.73. The summed E-state index contributed by atoms with van der Waals surface area (Å²) in [7, 11) is 3.38. The summed E-state index contributed by atoms with van der Waals surface area (Å²) in [6.07, 6.45) is 0. The number of nitrogens with zero attached hydrogens (tertiary/aromatic N) is 2. The van der Waals surface area contributed by atoms with Gasteiger partial charge >= 0.3 is 5.69 Å². The van der Waals surface area contributed by atoms with Crippen LogP contribution in [0, 0.1) is 0 Å². The molecule has 0 radical (unpaired) electrons. The van der Waals surface area contributed by atoms with Crippen LogP contribution < -0.4 is 11.0 Å². The van der Waals surface area contributed by atoms with E-state index in [0.29, 0.717) is 26.3 Å². The molecule has 0 unspecified atom stereocenters. The molecule has 8 heteroatoms. The summed E-state index contributed by atoms with van der Waals surface area (Å²) in [6.45, 7) is 0. The Labute approximate surface area is 155 Å². The van der Waals surface area contributed by atoms with E-state index in [1.165, 1.54) is 10.6 Å². The number of carbonyl (C=O) groups excluding carboxylic acids is 1. The maximum Gasteiger partial charge on any atom is 0.328 e. The van der Waals surface area contributed by atoms with Crippen molar-refractivity contribution in [1.29, 1.82) is 0 Å². The number of halogens is 3. The van der Waals surface area contributed by atoms with Gasteiger partial charge in [0, 0.05) is 23.6 Å². The van der Waals surface area contributed by atoms with Gasteiger partial charge in [-0.05, 0) is 46.3 Å². The van der Waals surface area contributed by atoms with Gasteiger partial charge in [-0.1, -0.05) is 23.2 Å². The second-order valence-corrected chi connectivity index (χ2v) is 7.00. The zero-order chi connectivity index (χ0) is 17.6. The predicted octanol–water partition coefficient (Wildman–Crippen LogP) is 4.20. The second kappa shape index (κ2) is 6.27. The normalized spacial score (nSPS) is 11.0. The van der Waals surface area contributed by atoms with Gasteiger partial charge in [-0.3, -0.25) is 13.9 Å². The van der Waals surface area contributed by atoms with E-state index in [9.17, 15) is 9.59 Å². The molecule has 0 aliphatic heterocycles. The lowest BCUT2D eigenvalue weighted by Crippen LogP contribution is -2.19. The van der Waals surface area contributed by atoms with Crippen LogP contribution in [0.1, 0.15) is 10.4 Å². The fraction of sp³-hybridized carbons (Fsp3) is 0.125. The monoisotopic (exact) mass is 427 g/mol. The average molecular weight is 429 g/mol. The molecule has 5 nitrogen and oxygen atoms in total. The van der Waals surface area contributed by atoms with Crippen LogP contribution in [0.15, 0.2) is 39.6 Å². The fourth-order valence-electron chi connectivity index (χ4n) is 2.48. The molecule has 24 heavy (non-hydrogen) atoms. The number of aromatic nitrogens is 2. The van der Waals surface area contributed by atoms with Crippen molar-refractivity contribution >= 4 is 61.8 Å². The van der Waals surface area contributed by atoms with Crippen molar-refractivity contribution < 1.29 is 4.79 Å². The molecule has 0 atom stereocenters. The van der Waals surface area contributed by atoms with Crippen molar-refractivity contribution in [3.8, 4) is 0 Å². The molecule has 0 aliphatic carbocycles. The third-order valence-corrected chi connectivity index (χ3v) is 4.99. The fourth-order valence-corrected chi connectivity index (χ4v) is 3.40. The van der Waals surface area contributed by atoms with Gasteiger partial charge < -0.3 is 5.32 Å². The Morgan fingerprint density at radius 2 is 1.71 bits per heavy atom. The van der Waals surface area contributed by atoms with E-state index in [2.05, 4.69) is 21.2 Å². The van der Waals surface area contributed by atoms with Crippen molar-refractivity contribution in [3.05, 3.63) is 60.9 Å². The van der Waals surface area contributed by atoms with E-state index in [4.69, 9.17) is 23.2 Å². The van der Waals surface area contributed by atoms with E-state index in [0.717, 1.165) is 5.52 Å². The first-order valence-corrected chi connectivity index (χ1v) is 8.46. The maximum atomic E-state index is 12.5. The summed E-state index contributed by atoms with van der Waals surface area (Å²) >= 11 is 15.3. The first-order chi connectivity index (χ1) is 11.3. The number of fused-ring (bicyclic) bond motifs is 1. The van der Waals surface area contributed by atoms with Crippen LogP contribution in [0.4, 0.5) is 5.69 Å². The van der Waals surface area contributed by atoms with E-state index in [-0.39, 0.29) is 16.6 Å². The first kappa shape index (κ1) is 17.1. The molecule has 1 aromatic heterocycles. The minimum absolute atomic E-state index is 0.138. The Balaban J connectivity index is 2.03. The lowest BCUT2D eigenvalue weighted by atomic mass is 10.2. The highest BCUT2D eigenvalue weighted by Crippen LogP contribution is 2.29. The molecule has 0 saturated heterocycles. The number of benzene rings is 2. The third-order valence-electron chi connectivity index (χ3n) is 3.78. The number of rotatable bonds is 2. The Bertz CT molecular complexity index is 1040. The molecule has 1 heterocycles. The zero-order valence-electron chi connectivity index (χ0n) is 12.7. The van der Waals surface area contributed by atoms with Crippen LogP contribution in [0.25, 0.3) is 11.0 Å². The van der Waals surface area contributed by atoms with Crippen LogP contribution in [-0.2, 0) is 14.1 Å². The molecule has 1 N–H and O–H groups in total. The minimum atomic E-state index is -0.363. The number of carbonyl (C=O) groups is 1. The summed E-state index contributed by atoms with van der Waals surface area (Å²) in [5, 5.41) is 3.52. The lowest BCUT2D eigenvalue weighted by molar-refractivity contribution is 0.102. The number of anilines is 1. The molecule has 0 saturated carbocycles. The van der Waals surface area contributed by atoms with Gasteiger partial charge in [-0.25, -0.2) is 4.79 Å². The maximum absolute atomic E-state index is 12.5. The Morgan fingerprint density at radius 3 is 2.33 bits per heavy atom. The summed E-state index contributed by atoms with van der Waals surface area (Å²) in [6, 6.07) is 8.20. The highest BCUT2D eigenvalue weighted by molar-refractivity contribution is 9.10. The van der Waals surface area contributed by atoms with Gasteiger partial charge in [0.2, 0.25) is 0 Å². The number of aryl methyl sites for hydroxylation is 2. The van der Waals surface area contributed by atoms with Gasteiger partial charge in [0.05, 0.1) is 27.3 Å². The minimum Gasteiger partial charge on any atom is -0.321 e. The van der Waals surface area contributed by atoms with Crippen LogP contribution in [0.5, 0.6) is 0 Å². The second-order valence-electron chi connectivity index (χ2n) is 5.30. The van der Waals surface area contributed by atoms with E-state index in [1.807, 2.05) is 0 Å². The molecule has 1 amide bonds. The summed E-state index contributed by atoms with van der Waals surface area (Å²) in [4.78, 5) is 24.5. The molecular weight excluding hydrogens is 417 g/mol. The Morgan fingerprint density at radius 1 is 1.08 bits per heavy atom. The predicted molar refractivity (Wildman–Crippen MR) is 100 cm³/mol. The molecule has 2 aromatic carbocycles. The van der Waals surface area contributed by atoms with Crippen LogP contribution in [0.2, 0.25) is 10.0 Å². The van der Waals surface area contributed by atoms with Crippen molar-refractivity contribution in [2.45, 2.75) is 0 Å². The smallest absolute Gasteiger partial charge is 0.321 e. The third kappa shape index (κ3) is 2.85. The number of hydrogen-bond acceptors (Lipinski definition) is 2. The van der Waals surface area contributed by atoms with Crippen LogP contribution in [-0.4, -0.2) is 15.0 Å². The van der Waals surface area contributed by atoms with Crippen LogP contribution >= 0.6 is 39.1 Å². The molecule has 0 fully saturated rings. The molecule has 0 bridgehead atoms. The zero-order valence-corrected chi connectivity index (χ0v) is 15.8. The molecule has 3 rings (SSSR count). The number of amides is 1. The average Bonchev–Trinajstić information content (AvgIpc) is 2.72. The lowest BCUT2D eigenvalue weighted by Gasteiger charge is -2.10. The number of hydrogen-bond donors (Lipinski definition) is 1. The quantitative estimate of drug-likeness (QED) is 0.664. The van der Waals surface area contributed by atoms with Gasteiger partial charge in [0.15, 0.2) is 0 Å². The first-order valence-electron chi connectivity index (χ1n) is 6.91. The van der Waals surface area contributed by atoms with E-state index < -0.39 is 0 Å². The molecule has 3 aromatic rings. The van der Waals surface area contributed by atoms with Gasteiger partial charge in [0.1, 0.15) is 0 Å². The topological polar surface area (TPSA) is 56.0 Å². The van der Waals surface area contributed by atoms with Crippen molar-refractivity contribution in [3.63, 3.8) is 0 Å². The van der Waals surface area contributed by atoms with E-state index >= 15 is 0 Å². The summed E-state index contributed by atoms with van der Waals surface area (Å²) in [5.74, 6) is -0.363. The van der Waals surface area contributed by atoms with Crippen molar-refractivity contribution in [2.75, 3.05) is 5.32 Å². The van der Waals surface area contributed by atoms with Gasteiger partial charge in [0.25, 0.3) is 5.91 Å². The number of imidazole rings is 1. The SMILES string of the molecule is Cn1c(=O)n(C)c2cc(NC(=O)c3ccc(Cl)cc3Cl)c(Br)cc21. The van der Waals surface area contributed by atoms with Gasteiger partial charge in [-0.2, -0.15) is 0 Å². The largest absolute Gasteiger partial charge is 0.328 e. The summed E-state index contributed by atoms with van der Waals surface area (Å²) in [5.41, 5.74) is 2.19. The highest BCUT2D eigenvalue weighted by atomic mass is 79.9. The molecule has 0 spiro atoms. The van der Waals surface area contributed by atoms with Crippen LogP contribution in [0.3, 0.4) is 0 Å². The standard InChI is InChI=1S/C16H12BrCl2N3O2/c1-21-13-6-10(17)12(7-14(13)22(2)16(21)24)20-15(23)9-4-3-8(18)5-11(9)19/h3-7H,1-2H3,(H,20,23). The molecule has 0 aliphatic rings. The van der Waals surface area contributed by atoms with E-state index in [1.54, 1.807) is 42.9 Å². The Kier molecular flexibility index (Phi) is 4.46.